The molecule has 0 aliphatic heterocycles. The van der Waals surface area contributed by atoms with Gasteiger partial charge in [-0.15, -0.1) is 0 Å². The fourth-order valence-corrected chi connectivity index (χ4v) is 3.50. The van der Waals surface area contributed by atoms with Crippen molar-refractivity contribution in [3.63, 3.8) is 0 Å². The molecule has 0 aliphatic carbocycles. The second-order valence-electron chi connectivity index (χ2n) is 9.43. The van der Waals surface area contributed by atoms with E-state index in [1.54, 1.807) is 25.7 Å². The Morgan fingerprint density at radius 1 is 1.12 bits per heavy atom. The van der Waals surface area contributed by atoms with Crippen molar-refractivity contribution in [2.75, 3.05) is 6.54 Å². The number of carbonyl (C=O) groups excluding carboxylic acids is 3. The van der Waals surface area contributed by atoms with Gasteiger partial charge < -0.3 is 20.3 Å². The molecular weight excluding hydrogens is 406 g/mol. The average Bonchev–Trinajstić information content (AvgIpc) is 2.68. The minimum Gasteiger partial charge on any atom is -0.444 e. The summed E-state index contributed by atoms with van der Waals surface area (Å²) >= 11 is 0. The fraction of sp³-hybridized carbons (Fsp3) is 0.640. The Morgan fingerprint density at radius 3 is 2.31 bits per heavy atom. The molecule has 0 spiro atoms. The van der Waals surface area contributed by atoms with Crippen LogP contribution in [-0.4, -0.2) is 47.0 Å². The lowest BCUT2D eigenvalue weighted by atomic mass is 9.99. The number of nitrogens with one attached hydrogen (secondary N) is 2. The van der Waals surface area contributed by atoms with Gasteiger partial charge in [-0.1, -0.05) is 50.1 Å². The first-order valence-electron chi connectivity index (χ1n) is 11.5. The van der Waals surface area contributed by atoms with Gasteiger partial charge in [-0.2, -0.15) is 0 Å². The number of ether oxygens (including phenoxy) is 1. The highest BCUT2D eigenvalue weighted by molar-refractivity contribution is 5.90. The smallest absolute Gasteiger partial charge is 0.408 e. The van der Waals surface area contributed by atoms with Crippen molar-refractivity contribution < 1.29 is 19.1 Å². The number of carbonyl (C=O) groups is 3. The Labute approximate surface area is 193 Å². The topological polar surface area (TPSA) is 87.7 Å². The number of rotatable bonds is 10. The van der Waals surface area contributed by atoms with E-state index in [1.807, 2.05) is 52.0 Å². The molecule has 3 atom stereocenters. The highest BCUT2D eigenvalue weighted by Gasteiger charge is 2.35. The molecule has 1 rings (SSSR count). The molecule has 3 unspecified atom stereocenters. The molecule has 3 amide bonds. The highest BCUT2D eigenvalue weighted by atomic mass is 16.6. The van der Waals surface area contributed by atoms with E-state index in [0.29, 0.717) is 6.42 Å². The SMILES string of the molecule is CCCC(C)NC(=O)C(c1cccc(C)c1)N(C(=O)CNC(=O)OC(C)(C)C)C(C)CC. The largest absolute Gasteiger partial charge is 0.444 e. The summed E-state index contributed by atoms with van der Waals surface area (Å²) in [6.07, 6.45) is 1.80. The second kappa shape index (κ2) is 12.5. The third-order valence-electron chi connectivity index (χ3n) is 5.13. The van der Waals surface area contributed by atoms with Gasteiger partial charge in [0, 0.05) is 12.1 Å². The van der Waals surface area contributed by atoms with Crippen LogP contribution in [0.25, 0.3) is 0 Å². The zero-order chi connectivity index (χ0) is 24.5. The van der Waals surface area contributed by atoms with Gasteiger partial charge in [0.05, 0.1) is 0 Å². The van der Waals surface area contributed by atoms with Gasteiger partial charge in [0.25, 0.3) is 0 Å². The van der Waals surface area contributed by atoms with Crippen LogP contribution in [0.4, 0.5) is 4.79 Å². The molecule has 0 bridgehead atoms. The minimum atomic E-state index is -0.794. The van der Waals surface area contributed by atoms with E-state index in [-0.39, 0.29) is 30.4 Å². The lowest BCUT2D eigenvalue weighted by molar-refractivity contribution is -0.143. The van der Waals surface area contributed by atoms with Crippen molar-refractivity contribution >= 4 is 17.9 Å². The summed E-state index contributed by atoms with van der Waals surface area (Å²) in [4.78, 5) is 40.4. The van der Waals surface area contributed by atoms with E-state index in [9.17, 15) is 14.4 Å². The summed E-state index contributed by atoms with van der Waals surface area (Å²) in [6, 6.07) is 6.63. The van der Waals surface area contributed by atoms with Crippen LogP contribution in [0.15, 0.2) is 24.3 Å². The van der Waals surface area contributed by atoms with Crippen molar-refractivity contribution in [3.05, 3.63) is 35.4 Å². The molecule has 7 heteroatoms. The number of benzene rings is 1. The molecule has 0 saturated carbocycles. The van der Waals surface area contributed by atoms with Crippen LogP contribution in [-0.2, 0) is 14.3 Å². The van der Waals surface area contributed by atoms with E-state index < -0.39 is 17.7 Å². The van der Waals surface area contributed by atoms with E-state index >= 15 is 0 Å². The van der Waals surface area contributed by atoms with Crippen LogP contribution in [0.3, 0.4) is 0 Å². The maximum absolute atomic E-state index is 13.4. The van der Waals surface area contributed by atoms with Crippen LogP contribution in [0.1, 0.15) is 84.9 Å². The van der Waals surface area contributed by atoms with E-state index in [0.717, 1.165) is 24.0 Å². The lowest BCUT2D eigenvalue weighted by Crippen LogP contribution is -2.52. The van der Waals surface area contributed by atoms with Crippen molar-refractivity contribution in [3.8, 4) is 0 Å². The first-order valence-corrected chi connectivity index (χ1v) is 11.5. The number of hydrogen-bond acceptors (Lipinski definition) is 4. The quantitative estimate of drug-likeness (QED) is 0.553. The van der Waals surface area contributed by atoms with Gasteiger partial charge in [-0.25, -0.2) is 4.79 Å². The summed E-state index contributed by atoms with van der Waals surface area (Å²) in [6.45, 7) is 14.9. The molecule has 2 N–H and O–H groups in total. The summed E-state index contributed by atoms with van der Waals surface area (Å²) in [5.74, 6) is -0.558. The standard InChI is InChI=1S/C25H41N3O4/c1-9-12-18(4)27-23(30)22(20-14-11-13-17(3)15-20)28(19(5)10-2)21(29)16-26-24(31)32-25(6,7)8/h11,13-15,18-19,22H,9-10,12,16H2,1-8H3,(H,26,31)(H,27,30). The van der Waals surface area contributed by atoms with Crippen LogP contribution in [0.5, 0.6) is 0 Å². The molecule has 0 saturated heterocycles. The fourth-order valence-electron chi connectivity index (χ4n) is 3.50. The van der Waals surface area contributed by atoms with Crippen LogP contribution in [0, 0.1) is 6.92 Å². The second-order valence-corrected chi connectivity index (χ2v) is 9.43. The van der Waals surface area contributed by atoms with Crippen molar-refractivity contribution in [2.24, 2.45) is 0 Å². The van der Waals surface area contributed by atoms with E-state index in [1.165, 1.54) is 0 Å². The molecule has 32 heavy (non-hydrogen) atoms. The third kappa shape index (κ3) is 8.89. The number of hydrogen-bond donors (Lipinski definition) is 2. The van der Waals surface area contributed by atoms with E-state index in [2.05, 4.69) is 17.6 Å². The van der Waals surface area contributed by atoms with E-state index in [4.69, 9.17) is 4.74 Å². The monoisotopic (exact) mass is 447 g/mol. The zero-order valence-electron chi connectivity index (χ0n) is 21.0. The summed E-state index contributed by atoms with van der Waals surface area (Å²) in [5, 5.41) is 5.60. The predicted octanol–water partition coefficient (Wildman–Crippen LogP) is 4.49. The summed E-state index contributed by atoms with van der Waals surface area (Å²) in [5.41, 5.74) is 1.09. The van der Waals surface area contributed by atoms with Gasteiger partial charge in [-0.05, 0) is 59.9 Å². The van der Waals surface area contributed by atoms with Crippen LogP contribution >= 0.6 is 0 Å². The Morgan fingerprint density at radius 2 is 1.78 bits per heavy atom. The van der Waals surface area contributed by atoms with Gasteiger partial charge in [0.15, 0.2) is 0 Å². The normalized spacial score (nSPS) is 14.1. The van der Waals surface area contributed by atoms with Crippen LogP contribution < -0.4 is 10.6 Å². The highest BCUT2D eigenvalue weighted by Crippen LogP contribution is 2.26. The third-order valence-corrected chi connectivity index (χ3v) is 5.13. The lowest BCUT2D eigenvalue weighted by Gasteiger charge is -2.36. The van der Waals surface area contributed by atoms with Gasteiger partial charge in [-0.3, -0.25) is 9.59 Å². The summed E-state index contributed by atoms with van der Waals surface area (Å²) < 4.78 is 5.24. The average molecular weight is 448 g/mol. The Hall–Kier alpha value is -2.57. The van der Waals surface area contributed by atoms with Gasteiger partial charge in [0.1, 0.15) is 18.2 Å². The molecule has 1 aromatic rings. The molecule has 0 aliphatic rings. The number of aryl methyl sites for hydroxylation is 1. The van der Waals surface area contributed by atoms with Gasteiger partial charge >= 0.3 is 6.09 Å². The van der Waals surface area contributed by atoms with Crippen LogP contribution in [0.2, 0.25) is 0 Å². The summed E-state index contributed by atoms with van der Waals surface area (Å²) in [7, 11) is 0. The van der Waals surface area contributed by atoms with Crippen molar-refractivity contribution in [2.45, 2.75) is 98.4 Å². The number of alkyl carbamates (subject to hydrolysis) is 1. The number of amides is 3. The van der Waals surface area contributed by atoms with Gasteiger partial charge in [0.2, 0.25) is 11.8 Å². The zero-order valence-corrected chi connectivity index (χ0v) is 21.0. The molecule has 7 nitrogen and oxygen atoms in total. The first-order chi connectivity index (χ1) is 14.9. The number of nitrogens with zero attached hydrogens (tertiary/aromatic N) is 1. The van der Waals surface area contributed by atoms with Crippen molar-refractivity contribution in [1.82, 2.24) is 15.5 Å². The first kappa shape index (κ1) is 27.5. The molecule has 180 valence electrons. The maximum atomic E-state index is 13.4. The molecule has 0 radical (unpaired) electrons. The Bertz CT molecular complexity index is 773. The maximum Gasteiger partial charge on any atom is 0.408 e. The molecule has 0 fully saturated rings. The molecule has 0 heterocycles. The molecule has 0 aromatic heterocycles. The molecular formula is C25H41N3O4. The Kier molecular flexibility index (Phi) is 10.7. The minimum absolute atomic E-state index is 0.00594. The predicted molar refractivity (Wildman–Crippen MR) is 127 cm³/mol. The van der Waals surface area contributed by atoms with Crippen molar-refractivity contribution in [1.29, 1.82) is 0 Å². The Balaban J connectivity index is 3.23. The molecule has 1 aromatic carbocycles.